The van der Waals surface area contributed by atoms with E-state index in [1.165, 1.54) is 58.7 Å². The van der Waals surface area contributed by atoms with E-state index in [9.17, 15) is 0 Å². The summed E-state index contributed by atoms with van der Waals surface area (Å²) in [5, 5.41) is 1.31. The van der Waals surface area contributed by atoms with E-state index in [1.807, 2.05) is 12.3 Å². The van der Waals surface area contributed by atoms with Crippen LogP contribution in [0.15, 0.2) is 48.7 Å². The van der Waals surface area contributed by atoms with Gasteiger partial charge in [0.1, 0.15) is 5.82 Å². The Hall–Kier alpha value is -1.36. The van der Waals surface area contributed by atoms with E-state index in [2.05, 4.69) is 75.5 Å². The molecule has 3 heteroatoms. The van der Waals surface area contributed by atoms with Crippen molar-refractivity contribution in [3.05, 3.63) is 57.9 Å². The van der Waals surface area contributed by atoms with Crippen LogP contribution in [0.4, 0.5) is 0 Å². The maximum Gasteiger partial charge on any atom is 0.137 e. The normalized spacial score (nSPS) is 11.2. The minimum atomic E-state index is 1.02. The molecular weight excluding hydrogens is 407 g/mol. The number of nitrogens with zero attached hydrogens (tertiary/aromatic N) is 2. The highest BCUT2D eigenvalue weighted by Gasteiger charge is 2.11. The van der Waals surface area contributed by atoms with Crippen molar-refractivity contribution in [2.75, 3.05) is 0 Å². The van der Waals surface area contributed by atoms with Crippen molar-refractivity contribution in [2.24, 2.45) is 0 Å². The lowest BCUT2D eigenvalue weighted by molar-refractivity contribution is 0.603. The molecule has 0 aliphatic heterocycles. The second-order valence-electron chi connectivity index (χ2n) is 6.38. The molecule has 3 aromatic rings. The zero-order valence-corrected chi connectivity index (χ0v) is 16.5. The smallest absolute Gasteiger partial charge is 0.137 e. The van der Waals surface area contributed by atoms with E-state index in [0.29, 0.717) is 0 Å². The first-order valence-electron chi connectivity index (χ1n) is 9.01. The van der Waals surface area contributed by atoms with Gasteiger partial charge in [-0.15, -0.1) is 0 Å². The van der Waals surface area contributed by atoms with Crippen LogP contribution in [0.25, 0.3) is 16.7 Å². The fourth-order valence-electron chi connectivity index (χ4n) is 3.27. The van der Waals surface area contributed by atoms with E-state index in [0.717, 1.165) is 12.2 Å². The molecule has 0 unspecified atom stereocenters. The second-order valence-corrected chi connectivity index (χ2v) is 7.63. The largest absolute Gasteiger partial charge is 0.298 e. The molecule has 0 bridgehead atoms. The highest BCUT2D eigenvalue weighted by molar-refractivity contribution is 14.1. The summed E-state index contributed by atoms with van der Waals surface area (Å²) in [7, 11) is 0. The first-order valence-corrected chi connectivity index (χ1v) is 10.1. The van der Waals surface area contributed by atoms with Crippen molar-refractivity contribution in [2.45, 2.75) is 51.9 Å². The van der Waals surface area contributed by atoms with Gasteiger partial charge in [-0.2, -0.15) is 0 Å². The maximum atomic E-state index is 4.58. The monoisotopic (exact) mass is 432 g/mol. The third-order valence-corrected chi connectivity index (χ3v) is 5.18. The molecule has 0 saturated heterocycles. The van der Waals surface area contributed by atoms with Crippen molar-refractivity contribution in [1.82, 2.24) is 9.55 Å². The summed E-state index contributed by atoms with van der Waals surface area (Å²) >= 11 is 2.39. The number of fused-ring (bicyclic) bond motifs is 1. The number of pyridine rings is 1. The van der Waals surface area contributed by atoms with Gasteiger partial charge in [-0.25, -0.2) is 4.98 Å². The molecule has 126 valence electrons. The second kappa shape index (κ2) is 8.65. The lowest BCUT2D eigenvalue weighted by atomic mass is 10.1. The van der Waals surface area contributed by atoms with Crippen molar-refractivity contribution in [3.63, 3.8) is 0 Å². The summed E-state index contributed by atoms with van der Waals surface area (Å²) in [6.45, 7) is 2.27. The molecule has 1 aromatic carbocycles. The summed E-state index contributed by atoms with van der Waals surface area (Å²) in [6, 6.07) is 15.1. The van der Waals surface area contributed by atoms with Gasteiger partial charge in [0.2, 0.25) is 0 Å². The number of halogens is 1. The predicted molar refractivity (Wildman–Crippen MR) is 111 cm³/mol. The number of aromatic nitrogens is 2. The summed E-state index contributed by atoms with van der Waals surface area (Å²) in [4.78, 5) is 4.58. The van der Waals surface area contributed by atoms with Crippen LogP contribution in [-0.4, -0.2) is 9.55 Å². The van der Waals surface area contributed by atoms with E-state index in [-0.39, 0.29) is 0 Å². The van der Waals surface area contributed by atoms with E-state index >= 15 is 0 Å². The van der Waals surface area contributed by atoms with Gasteiger partial charge < -0.3 is 0 Å². The Morgan fingerprint density at radius 1 is 0.958 bits per heavy atom. The van der Waals surface area contributed by atoms with Gasteiger partial charge in [0, 0.05) is 20.8 Å². The highest BCUT2D eigenvalue weighted by Crippen LogP contribution is 2.26. The number of hydrogen-bond donors (Lipinski definition) is 0. The first-order chi connectivity index (χ1) is 11.8. The molecule has 0 amide bonds. The molecule has 3 rings (SSSR count). The Bertz CT molecular complexity index is 777. The summed E-state index contributed by atoms with van der Waals surface area (Å²) < 4.78 is 3.61. The average Bonchev–Trinajstić information content (AvgIpc) is 2.96. The average molecular weight is 432 g/mol. The van der Waals surface area contributed by atoms with Gasteiger partial charge in [0.25, 0.3) is 0 Å². The first kappa shape index (κ1) is 17.5. The van der Waals surface area contributed by atoms with Crippen LogP contribution >= 0.6 is 22.6 Å². The SMILES string of the molecule is CCCCCCCCc1cc2cc(I)ccc2n1-c1ccccn1. The van der Waals surface area contributed by atoms with Crippen molar-refractivity contribution in [1.29, 1.82) is 0 Å². The molecule has 2 heterocycles. The van der Waals surface area contributed by atoms with Gasteiger partial charge >= 0.3 is 0 Å². The topological polar surface area (TPSA) is 17.8 Å². The molecule has 0 atom stereocenters. The number of unbranched alkanes of at least 4 members (excludes halogenated alkanes) is 5. The van der Waals surface area contributed by atoms with E-state index in [4.69, 9.17) is 0 Å². The molecular formula is C21H25IN2. The molecule has 0 aliphatic rings. The van der Waals surface area contributed by atoms with Crippen LogP contribution in [0, 0.1) is 3.57 Å². The molecule has 0 fully saturated rings. The Morgan fingerprint density at radius 2 is 1.79 bits per heavy atom. The number of hydrogen-bond acceptors (Lipinski definition) is 1. The third kappa shape index (κ3) is 4.18. The number of aryl methyl sites for hydroxylation is 1. The maximum absolute atomic E-state index is 4.58. The minimum Gasteiger partial charge on any atom is -0.298 e. The van der Waals surface area contributed by atoms with Crippen LogP contribution in [0.3, 0.4) is 0 Å². The Balaban J connectivity index is 1.83. The van der Waals surface area contributed by atoms with Crippen molar-refractivity contribution in [3.8, 4) is 5.82 Å². The molecule has 0 saturated carbocycles. The third-order valence-electron chi connectivity index (χ3n) is 4.50. The summed E-state index contributed by atoms with van der Waals surface area (Å²) in [5.74, 6) is 1.02. The number of rotatable bonds is 8. The lowest BCUT2D eigenvalue weighted by Crippen LogP contribution is -2.02. The van der Waals surface area contributed by atoms with Gasteiger partial charge in [-0.05, 0) is 71.8 Å². The van der Waals surface area contributed by atoms with E-state index in [1.54, 1.807) is 0 Å². The Kier molecular flexibility index (Phi) is 6.30. The highest BCUT2D eigenvalue weighted by atomic mass is 127. The fraction of sp³-hybridized carbons (Fsp3) is 0.381. The van der Waals surface area contributed by atoms with Gasteiger partial charge in [-0.3, -0.25) is 4.57 Å². The van der Waals surface area contributed by atoms with Gasteiger partial charge in [0.05, 0.1) is 5.52 Å². The summed E-state index contributed by atoms with van der Waals surface area (Å²) in [5.41, 5.74) is 2.64. The van der Waals surface area contributed by atoms with Crippen LogP contribution in [0.1, 0.15) is 51.1 Å². The molecule has 24 heavy (non-hydrogen) atoms. The molecule has 2 aromatic heterocycles. The standard InChI is InChI=1S/C21H25IN2/c1-2-3-4-5-6-7-10-19-16-17-15-18(22)12-13-20(17)24(19)21-11-8-9-14-23-21/h8-9,11-16H,2-7,10H2,1H3. The van der Waals surface area contributed by atoms with Crippen LogP contribution in [-0.2, 0) is 6.42 Å². The molecule has 0 radical (unpaired) electrons. The van der Waals surface area contributed by atoms with Crippen LogP contribution < -0.4 is 0 Å². The Labute approximate surface area is 158 Å². The van der Waals surface area contributed by atoms with Gasteiger partial charge in [0.15, 0.2) is 0 Å². The molecule has 0 aliphatic carbocycles. The lowest BCUT2D eigenvalue weighted by Gasteiger charge is -2.10. The van der Waals surface area contributed by atoms with Crippen molar-refractivity contribution >= 4 is 33.5 Å². The quantitative estimate of drug-likeness (QED) is 0.292. The Morgan fingerprint density at radius 3 is 2.58 bits per heavy atom. The predicted octanol–water partition coefficient (Wildman–Crippen LogP) is 6.53. The zero-order chi connectivity index (χ0) is 16.8. The zero-order valence-electron chi connectivity index (χ0n) is 14.3. The minimum absolute atomic E-state index is 1.02. The van der Waals surface area contributed by atoms with Crippen LogP contribution in [0.5, 0.6) is 0 Å². The summed E-state index contributed by atoms with van der Waals surface area (Å²) in [6.07, 6.45) is 11.0. The van der Waals surface area contributed by atoms with Gasteiger partial charge in [-0.1, -0.05) is 45.1 Å². The van der Waals surface area contributed by atoms with Crippen LogP contribution in [0.2, 0.25) is 0 Å². The fourth-order valence-corrected chi connectivity index (χ4v) is 3.79. The van der Waals surface area contributed by atoms with Crippen molar-refractivity contribution < 1.29 is 0 Å². The van der Waals surface area contributed by atoms with E-state index < -0.39 is 0 Å². The molecule has 0 N–H and O–H groups in total. The molecule has 2 nitrogen and oxygen atoms in total. The molecule has 0 spiro atoms. The number of benzene rings is 1.